The fourth-order valence-electron chi connectivity index (χ4n) is 4.97. The number of benzene rings is 1. The van der Waals surface area contributed by atoms with Crippen LogP contribution in [-0.2, 0) is 48.2 Å². The van der Waals surface area contributed by atoms with Crippen LogP contribution in [0.2, 0.25) is 0 Å². The molecule has 11 nitrogen and oxygen atoms in total. The highest BCUT2D eigenvalue weighted by Crippen LogP contribution is 2.28. The molecule has 1 aromatic carbocycles. The predicted molar refractivity (Wildman–Crippen MR) is 191 cm³/mol. The zero-order valence-corrected chi connectivity index (χ0v) is 30.8. The van der Waals surface area contributed by atoms with Gasteiger partial charge in [-0.25, -0.2) is 0 Å². The van der Waals surface area contributed by atoms with Gasteiger partial charge < -0.3 is 52.8 Å². The molecular formula is C38H70O11. The smallest absolute Gasteiger partial charge is 0.113 e. The zero-order valence-electron chi connectivity index (χ0n) is 30.8. The van der Waals surface area contributed by atoms with E-state index in [0.29, 0.717) is 119 Å². The van der Waals surface area contributed by atoms with Crippen LogP contribution in [-0.4, -0.2) is 136 Å². The SMILES string of the molecule is CC(C)CCCCCCCCCC(O)(COCCOCCOCCOCCOCCOCCOCCOCCOCCO)c1ccccc1. The summed E-state index contributed by atoms with van der Waals surface area (Å²) in [6.07, 6.45) is 10.6. The topological polar surface area (TPSA) is 124 Å². The number of aliphatic hydroxyl groups excluding tert-OH is 1. The van der Waals surface area contributed by atoms with Gasteiger partial charge in [-0.15, -0.1) is 0 Å². The molecule has 2 N–H and O–H groups in total. The molecule has 0 aliphatic heterocycles. The molecule has 0 bridgehead atoms. The minimum absolute atomic E-state index is 0.0249. The first-order chi connectivity index (χ1) is 24.1. The molecule has 1 unspecified atom stereocenters. The third kappa shape index (κ3) is 30.1. The number of unbranched alkanes of at least 4 members (excludes halogenated alkanes) is 6. The molecule has 288 valence electrons. The first kappa shape index (κ1) is 45.8. The normalized spacial score (nSPS) is 13.0. The van der Waals surface area contributed by atoms with Crippen molar-refractivity contribution in [3.8, 4) is 0 Å². The Kier molecular flexibility index (Phi) is 32.9. The summed E-state index contributed by atoms with van der Waals surface area (Å²) in [7, 11) is 0. The van der Waals surface area contributed by atoms with Crippen LogP contribution in [0.5, 0.6) is 0 Å². The van der Waals surface area contributed by atoms with E-state index in [-0.39, 0.29) is 13.2 Å². The quantitative estimate of drug-likeness (QED) is 0.0883. The van der Waals surface area contributed by atoms with Gasteiger partial charge in [0, 0.05) is 0 Å². The van der Waals surface area contributed by atoms with Crippen molar-refractivity contribution in [1.29, 1.82) is 0 Å². The van der Waals surface area contributed by atoms with Crippen molar-refractivity contribution in [2.75, 3.05) is 126 Å². The maximum absolute atomic E-state index is 11.5. The molecule has 0 saturated carbocycles. The second kappa shape index (κ2) is 35.2. The van der Waals surface area contributed by atoms with Crippen molar-refractivity contribution < 1.29 is 52.8 Å². The lowest BCUT2D eigenvalue weighted by molar-refractivity contribution is -0.0716. The average Bonchev–Trinajstić information content (AvgIpc) is 3.11. The van der Waals surface area contributed by atoms with Crippen molar-refractivity contribution in [2.24, 2.45) is 5.92 Å². The van der Waals surface area contributed by atoms with Crippen molar-refractivity contribution in [3.05, 3.63) is 35.9 Å². The van der Waals surface area contributed by atoms with Gasteiger partial charge in [-0.1, -0.05) is 95.5 Å². The van der Waals surface area contributed by atoms with E-state index in [9.17, 15) is 5.11 Å². The summed E-state index contributed by atoms with van der Waals surface area (Å²) in [5.41, 5.74) is -0.0684. The minimum Gasteiger partial charge on any atom is -0.394 e. The van der Waals surface area contributed by atoms with Gasteiger partial charge in [0.2, 0.25) is 0 Å². The van der Waals surface area contributed by atoms with Gasteiger partial charge in [0.15, 0.2) is 0 Å². The summed E-state index contributed by atoms with van der Waals surface area (Å²) < 4.78 is 49.4. The molecule has 1 rings (SSSR count). The van der Waals surface area contributed by atoms with E-state index in [2.05, 4.69) is 13.8 Å². The first-order valence-electron chi connectivity index (χ1n) is 18.7. The van der Waals surface area contributed by atoms with Gasteiger partial charge in [-0.2, -0.15) is 0 Å². The van der Waals surface area contributed by atoms with Crippen LogP contribution in [0.15, 0.2) is 30.3 Å². The molecule has 0 spiro atoms. The second-order valence-corrected chi connectivity index (χ2v) is 12.5. The lowest BCUT2D eigenvalue weighted by Crippen LogP contribution is -2.32. The summed E-state index contributed by atoms with van der Waals surface area (Å²) in [5.74, 6) is 0.803. The van der Waals surface area contributed by atoms with Gasteiger partial charge in [-0.05, 0) is 17.9 Å². The number of ether oxygens (including phenoxy) is 9. The van der Waals surface area contributed by atoms with E-state index in [1.165, 1.54) is 38.5 Å². The molecule has 0 heterocycles. The van der Waals surface area contributed by atoms with Crippen LogP contribution < -0.4 is 0 Å². The number of aliphatic hydroxyl groups is 2. The number of rotatable bonds is 39. The highest BCUT2D eigenvalue weighted by molar-refractivity contribution is 5.22. The predicted octanol–water partition coefficient (Wildman–Crippen LogP) is 5.18. The fraction of sp³-hybridized carbons (Fsp3) is 0.842. The first-order valence-corrected chi connectivity index (χ1v) is 18.7. The summed E-state index contributed by atoms with van der Waals surface area (Å²) in [6.45, 7) is 13.0. The molecule has 0 aliphatic rings. The van der Waals surface area contributed by atoms with Crippen LogP contribution in [0.4, 0.5) is 0 Å². The van der Waals surface area contributed by atoms with E-state index in [0.717, 1.165) is 24.3 Å². The number of hydrogen-bond donors (Lipinski definition) is 2. The monoisotopic (exact) mass is 702 g/mol. The Hall–Kier alpha value is -1.22. The zero-order chi connectivity index (χ0) is 35.4. The van der Waals surface area contributed by atoms with Gasteiger partial charge in [0.1, 0.15) is 5.60 Å². The van der Waals surface area contributed by atoms with E-state index in [4.69, 9.17) is 47.7 Å². The van der Waals surface area contributed by atoms with Crippen molar-refractivity contribution in [2.45, 2.75) is 77.2 Å². The Morgan fingerprint density at radius 1 is 0.469 bits per heavy atom. The lowest BCUT2D eigenvalue weighted by Gasteiger charge is -2.29. The van der Waals surface area contributed by atoms with E-state index in [1.54, 1.807) is 0 Å². The Labute approximate surface area is 297 Å². The standard InChI is InChI=1S/C38H70O11/c1-36(2)13-9-6-4-3-5-7-12-16-38(40,37-14-10-8-11-15-37)35-49-34-33-48-32-31-47-30-29-46-28-27-45-26-25-44-24-23-43-22-21-42-20-19-41-18-17-39/h8,10-11,14-15,36,39-40H,3-7,9,12-13,16-35H2,1-2H3. The number of hydrogen-bond acceptors (Lipinski definition) is 11. The molecule has 49 heavy (non-hydrogen) atoms. The van der Waals surface area contributed by atoms with E-state index >= 15 is 0 Å². The summed E-state index contributed by atoms with van der Waals surface area (Å²) in [6, 6.07) is 9.89. The second-order valence-electron chi connectivity index (χ2n) is 12.5. The average molecular weight is 703 g/mol. The van der Waals surface area contributed by atoms with Crippen LogP contribution in [0, 0.1) is 5.92 Å². The molecule has 0 radical (unpaired) electrons. The van der Waals surface area contributed by atoms with Crippen molar-refractivity contribution in [1.82, 2.24) is 0 Å². The molecular weight excluding hydrogens is 632 g/mol. The van der Waals surface area contributed by atoms with Gasteiger partial charge in [0.25, 0.3) is 0 Å². The van der Waals surface area contributed by atoms with E-state index in [1.807, 2.05) is 30.3 Å². The highest BCUT2D eigenvalue weighted by atomic mass is 16.6. The van der Waals surface area contributed by atoms with Gasteiger partial charge in [0.05, 0.1) is 126 Å². The van der Waals surface area contributed by atoms with Gasteiger partial charge >= 0.3 is 0 Å². The summed E-state index contributed by atoms with van der Waals surface area (Å²) >= 11 is 0. The van der Waals surface area contributed by atoms with Crippen LogP contribution in [0.25, 0.3) is 0 Å². The Morgan fingerprint density at radius 3 is 1.20 bits per heavy atom. The Morgan fingerprint density at radius 2 is 0.816 bits per heavy atom. The fourth-order valence-corrected chi connectivity index (χ4v) is 4.97. The summed E-state index contributed by atoms with van der Waals surface area (Å²) in [5, 5.41) is 20.1. The molecule has 1 atom stereocenters. The highest BCUT2D eigenvalue weighted by Gasteiger charge is 2.29. The van der Waals surface area contributed by atoms with Gasteiger partial charge in [-0.3, -0.25) is 0 Å². The Balaban J connectivity index is 1.90. The molecule has 0 aliphatic carbocycles. The third-order valence-electron chi connectivity index (χ3n) is 7.74. The van der Waals surface area contributed by atoms with Crippen LogP contribution in [0.1, 0.15) is 77.2 Å². The third-order valence-corrected chi connectivity index (χ3v) is 7.74. The van der Waals surface area contributed by atoms with Crippen molar-refractivity contribution in [3.63, 3.8) is 0 Å². The maximum Gasteiger partial charge on any atom is 0.113 e. The molecule has 0 saturated heterocycles. The van der Waals surface area contributed by atoms with E-state index < -0.39 is 5.60 Å². The van der Waals surface area contributed by atoms with Crippen LogP contribution >= 0.6 is 0 Å². The molecule has 1 aromatic rings. The Bertz CT molecular complexity index is 786. The maximum atomic E-state index is 11.5. The van der Waals surface area contributed by atoms with Crippen molar-refractivity contribution >= 4 is 0 Å². The lowest BCUT2D eigenvalue weighted by atomic mass is 9.88. The van der Waals surface area contributed by atoms with Crippen LogP contribution in [0.3, 0.4) is 0 Å². The molecule has 0 fully saturated rings. The summed E-state index contributed by atoms with van der Waals surface area (Å²) in [4.78, 5) is 0. The molecule has 11 heteroatoms. The molecule has 0 aromatic heterocycles. The molecule has 0 amide bonds. The largest absolute Gasteiger partial charge is 0.394 e. The minimum atomic E-state index is -0.981.